The average Bonchev–Trinajstić information content (AvgIpc) is 3.86. The van der Waals surface area contributed by atoms with Gasteiger partial charge in [-0.05, 0) is 74.2 Å². The van der Waals surface area contributed by atoms with Crippen molar-refractivity contribution >= 4 is 47.9 Å². The zero-order chi connectivity index (χ0) is 40.9. The molecule has 308 valence electrons. The van der Waals surface area contributed by atoms with Gasteiger partial charge in [0.05, 0.1) is 25.7 Å². The van der Waals surface area contributed by atoms with Crippen LogP contribution in [0.1, 0.15) is 112 Å². The lowest BCUT2D eigenvalue weighted by molar-refractivity contribution is -0.0470. The predicted octanol–water partition coefficient (Wildman–Crippen LogP) is 8.64. The van der Waals surface area contributed by atoms with Gasteiger partial charge in [-0.1, -0.05) is 80.4 Å². The van der Waals surface area contributed by atoms with E-state index in [-0.39, 0.29) is 39.4 Å². The van der Waals surface area contributed by atoms with Crippen LogP contribution in [0.4, 0.5) is 5.82 Å². The molecule has 0 aromatic carbocycles. The highest BCUT2D eigenvalue weighted by Gasteiger charge is 2.55. The van der Waals surface area contributed by atoms with Crippen LogP contribution in [0.5, 0.6) is 0 Å². The van der Waals surface area contributed by atoms with Crippen LogP contribution < -0.4 is 5.32 Å². The van der Waals surface area contributed by atoms with Crippen molar-refractivity contribution in [1.29, 1.82) is 0 Å². The minimum absolute atomic E-state index is 0.0168. The Labute approximate surface area is 331 Å². The minimum atomic E-state index is -2.41. The van der Waals surface area contributed by atoms with E-state index in [1.54, 1.807) is 13.3 Å². The molecule has 1 aliphatic carbocycles. The van der Waals surface area contributed by atoms with Gasteiger partial charge in [0.15, 0.2) is 53.9 Å². The Morgan fingerprint density at radius 1 is 0.873 bits per heavy atom. The van der Waals surface area contributed by atoms with E-state index in [2.05, 4.69) is 117 Å². The Morgan fingerprint density at radius 3 is 2.02 bits per heavy atom. The summed E-state index contributed by atoms with van der Waals surface area (Å²) in [6, 6.07) is 0.249. The molecule has 17 heteroatoms. The smallest absolute Gasteiger partial charge is 0.360 e. The Hall–Kier alpha value is -2.55. The maximum atomic E-state index is 12.5. The number of nitrogens with one attached hydrogen (secondary N) is 1. The number of carbonyl (C=O) groups excluding carboxylic acids is 1. The van der Waals surface area contributed by atoms with Gasteiger partial charge in [0.1, 0.15) is 18.3 Å². The van der Waals surface area contributed by atoms with E-state index >= 15 is 0 Å². The highest BCUT2D eigenvalue weighted by atomic mass is 28.4. The van der Waals surface area contributed by atoms with Crippen molar-refractivity contribution in [2.45, 2.75) is 180 Å². The third kappa shape index (κ3) is 9.28. The first-order chi connectivity index (χ1) is 25.3. The molecular formula is C38H68N8O6Si3. The fraction of sp³-hybridized carbons (Fsp3) is 0.789. The van der Waals surface area contributed by atoms with Crippen LogP contribution in [0.2, 0.25) is 54.4 Å². The third-order valence-electron chi connectivity index (χ3n) is 12.7. The quantitative estimate of drug-likeness (QED) is 0.130. The lowest BCUT2D eigenvalue weighted by Gasteiger charge is -2.44. The van der Waals surface area contributed by atoms with Crippen molar-refractivity contribution in [3.63, 3.8) is 0 Å². The van der Waals surface area contributed by atoms with Gasteiger partial charge in [-0.2, -0.15) is 14.6 Å². The topological polar surface area (TPSA) is 150 Å². The molecule has 1 N–H and O–H groups in total. The first kappa shape index (κ1) is 43.6. The standard InChI is InChI=1S/C38H68N8O6Si3/c1-17-48-34(47)26-22-46(44-43-26)35-41-31(40-25-20-18-19-21-25)28-32(42-35)45(24-39-28)33-30(52-55(15,16)38(8,9)10)29(51-54(13,14)37(5,6)7)27(50-33)23-49-53(11,12)36(2,3)4/h22,24-25,27,29-30,33H,17-21,23H2,1-16H3,(H,40,41,42)/t27-,29-,30+,33-/m1/s1. The number of carbonyl (C=O) groups is 1. The normalized spacial score (nSPS) is 22.2. The highest BCUT2D eigenvalue weighted by molar-refractivity contribution is 6.75. The van der Waals surface area contributed by atoms with Crippen molar-refractivity contribution in [3.8, 4) is 5.95 Å². The number of aromatic nitrogens is 7. The van der Waals surface area contributed by atoms with Crippen LogP contribution in [-0.2, 0) is 22.8 Å². The van der Waals surface area contributed by atoms with Crippen molar-refractivity contribution in [2.24, 2.45) is 0 Å². The molecule has 14 nitrogen and oxygen atoms in total. The van der Waals surface area contributed by atoms with Gasteiger partial charge in [-0.25, -0.2) is 9.78 Å². The first-order valence-corrected chi connectivity index (χ1v) is 28.7. The zero-order valence-corrected chi connectivity index (χ0v) is 39.4. The van der Waals surface area contributed by atoms with Crippen molar-refractivity contribution in [2.75, 3.05) is 18.5 Å². The number of anilines is 1. The van der Waals surface area contributed by atoms with Gasteiger partial charge in [0.25, 0.3) is 5.95 Å². The molecule has 0 bridgehead atoms. The fourth-order valence-electron chi connectivity index (χ4n) is 6.09. The molecule has 3 aromatic rings. The molecule has 2 aliphatic rings. The maximum absolute atomic E-state index is 12.5. The summed E-state index contributed by atoms with van der Waals surface area (Å²) in [6.07, 6.45) is 5.67. The molecule has 5 rings (SSSR count). The number of esters is 1. The van der Waals surface area contributed by atoms with Crippen LogP contribution >= 0.6 is 0 Å². The number of nitrogens with zero attached hydrogens (tertiary/aromatic N) is 7. The Bertz CT molecular complexity index is 1800. The molecule has 1 aliphatic heterocycles. The summed E-state index contributed by atoms with van der Waals surface area (Å²) in [5.41, 5.74) is 1.23. The first-order valence-electron chi connectivity index (χ1n) is 20.0. The van der Waals surface area contributed by atoms with Gasteiger partial charge in [-0.3, -0.25) is 4.57 Å². The number of rotatable bonds is 13. The van der Waals surface area contributed by atoms with Crippen molar-refractivity contribution in [1.82, 2.24) is 34.5 Å². The van der Waals surface area contributed by atoms with Gasteiger partial charge < -0.3 is 28.1 Å². The summed E-state index contributed by atoms with van der Waals surface area (Å²) in [7, 11) is -6.93. The molecule has 0 spiro atoms. The monoisotopic (exact) mass is 816 g/mol. The third-order valence-corrected chi connectivity index (χ3v) is 26.2. The van der Waals surface area contributed by atoms with E-state index in [9.17, 15) is 4.79 Å². The Balaban J connectivity index is 1.68. The van der Waals surface area contributed by atoms with Crippen LogP contribution in [-0.4, -0.2) is 103 Å². The van der Waals surface area contributed by atoms with E-state index in [1.165, 1.54) is 10.9 Å². The zero-order valence-electron chi connectivity index (χ0n) is 36.4. The highest BCUT2D eigenvalue weighted by Crippen LogP contribution is 2.47. The van der Waals surface area contributed by atoms with Gasteiger partial charge in [-0.15, -0.1) is 5.10 Å². The molecule has 1 saturated carbocycles. The summed E-state index contributed by atoms with van der Waals surface area (Å²) in [6.45, 7) is 36.3. The number of fused-ring (bicyclic) bond motifs is 1. The molecule has 1 saturated heterocycles. The van der Waals surface area contributed by atoms with E-state index in [4.69, 9.17) is 37.7 Å². The lowest BCUT2D eigenvalue weighted by Crippen LogP contribution is -2.54. The second-order valence-corrected chi connectivity index (χ2v) is 34.2. The Morgan fingerprint density at radius 2 is 1.45 bits per heavy atom. The van der Waals surface area contributed by atoms with E-state index in [0.29, 0.717) is 23.6 Å². The van der Waals surface area contributed by atoms with Gasteiger partial charge in [0.2, 0.25) is 0 Å². The SMILES string of the molecule is CCOC(=O)c1cn(-c2nc(NC3CCCC3)c3ncn([C@@H]4O[C@H](CO[Si](C)(C)C(C)(C)C)[C@@H](O[Si](C)(C)C(C)(C)C)[C@@H]4O[Si](C)(C)C(C)(C)C)c3n2)nn1. The molecule has 0 radical (unpaired) electrons. The van der Waals surface area contributed by atoms with Crippen LogP contribution in [0.3, 0.4) is 0 Å². The second kappa shape index (κ2) is 15.7. The number of imidazole rings is 1. The summed E-state index contributed by atoms with van der Waals surface area (Å²) in [5, 5.41) is 11.8. The van der Waals surface area contributed by atoms with Crippen molar-refractivity contribution in [3.05, 3.63) is 18.2 Å². The molecule has 3 aromatic heterocycles. The Kier molecular flexibility index (Phi) is 12.4. The number of hydrogen-bond donors (Lipinski definition) is 1. The molecule has 0 amide bonds. The molecule has 55 heavy (non-hydrogen) atoms. The van der Waals surface area contributed by atoms with E-state index in [0.717, 1.165) is 25.7 Å². The van der Waals surface area contributed by atoms with E-state index < -0.39 is 55.5 Å². The van der Waals surface area contributed by atoms with Crippen LogP contribution in [0.15, 0.2) is 12.5 Å². The summed E-state index contributed by atoms with van der Waals surface area (Å²) < 4.78 is 37.5. The van der Waals surface area contributed by atoms with Gasteiger partial charge >= 0.3 is 5.97 Å². The minimum Gasteiger partial charge on any atom is -0.461 e. The molecular weight excluding hydrogens is 749 g/mol. The summed E-state index contributed by atoms with van der Waals surface area (Å²) in [5.74, 6) is 0.267. The lowest BCUT2D eigenvalue weighted by atomic mass is 10.1. The van der Waals surface area contributed by atoms with E-state index in [1.807, 2.05) is 4.57 Å². The number of ether oxygens (including phenoxy) is 2. The number of hydrogen-bond acceptors (Lipinski definition) is 12. The van der Waals surface area contributed by atoms with Crippen LogP contribution in [0, 0.1) is 0 Å². The average molecular weight is 817 g/mol. The molecule has 4 heterocycles. The summed E-state index contributed by atoms with van der Waals surface area (Å²) >= 11 is 0. The summed E-state index contributed by atoms with van der Waals surface area (Å²) in [4.78, 5) is 27.4. The predicted molar refractivity (Wildman–Crippen MR) is 223 cm³/mol. The molecule has 2 fully saturated rings. The molecule has 4 atom stereocenters. The largest absolute Gasteiger partial charge is 0.461 e. The van der Waals surface area contributed by atoms with Crippen LogP contribution in [0.25, 0.3) is 17.1 Å². The van der Waals surface area contributed by atoms with Crippen molar-refractivity contribution < 1.29 is 27.5 Å². The maximum Gasteiger partial charge on any atom is 0.360 e. The molecule has 0 unspecified atom stereocenters. The fourth-order valence-corrected chi connectivity index (χ4v) is 9.71. The second-order valence-electron chi connectivity index (χ2n) is 19.9. The van der Waals surface area contributed by atoms with Gasteiger partial charge in [0, 0.05) is 6.04 Å².